The highest BCUT2D eigenvalue weighted by Crippen LogP contribution is 2.07. The molecule has 0 saturated carbocycles. The number of rotatable bonds is 3. The van der Waals surface area contributed by atoms with Crippen LogP contribution in [0.15, 0.2) is 30.3 Å². The van der Waals surface area contributed by atoms with Crippen molar-refractivity contribution in [2.45, 2.75) is 0 Å². The zero-order valence-corrected chi connectivity index (χ0v) is 7.98. The van der Waals surface area contributed by atoms with Gasteiger partial charge in [0.25, 0.3) is 0 Å². The molecule has 4 heteroatoms. The fraction of sp³-hybridized carbons (Fsp3) is 0.125. The van der Waals surface area contributed by atoms with Gasteiger partial charge in [-0.05, 0) is 12.1 Å². The molecule has 0 saturated heterocycles. The van der Waals surface area contributed by atoms with Crippen LogP contribution in [0.25, 0.3) is 0 Å². The molecular formula is C8H9BrO3. The van der Waals surface area contributed by atoms with Crippen LogP contribution in [0.1, 0.15) is 0 Å². The summed E-state index contributed by atoms with van der Waals surface area (Å²) in [6.45, 7) is -0.288. The molecule has 0 amide bonds. The fourth-order valence-corrected chi connectivity index (χ4v) is 0.662. The van der Waals surface area contributed by atoms with Crippen LogP contribution in [-0.2, 0) is 4.79 Å². The Kier molecular flexibility index (Phi) is 5.12. The Morgan fingerprint density at radius 1 is 1.33 bits per heavy atom. The first-order valence-corrected chi connectivity index (χ1v) is 3.18. The normalized spacial score (nSPS) is 8.33. The lowest BCUT2D eigenvalue weighted by Gasteiger charge is -2.00. The van der Waals surface area contributed by atoms with Crippen molar-refractivity contribution in [1.29, 1.82) is 0 Å². The zero-order valence-electron chi connectivity index (χ0n) is 6.27. The standard InChI is InChI=1S/C8H8O3.BrH/c9-8(10)6-11-7-4-2-1-3-5-7;/h1-5H,6H2,(H,9,10);1H. The third-order valence-electron chi connectivity index (χ3n) is 1.11. The molecule has 0 aliphatic carbocycles. The molecule has 3 nitrogen and oxygen atoms in total. The summed E-state index contributed by atoms with van der Waals surface area (Å²) in [6, 6.07) is 8.84. The second kappa shape index (κ2) is 5.60. The number of benzene rings is 1. The average molecular weight is 233 g/mol. The highest BCUT2D eigenvalue weighted by atomic mass is 79.9. The predicted octanol–water partition coefficient (Wildman–Crippen LogP) is 1.73. The number of ether oxygens (including phenoxy) is 1. The van der Waals surface area contributed by atoms with E-state index in [-0.39, 0.29) is 23.6 Å². The number of hydrogen-bond acceptors (Lipinski definition) is 2. The van der Waals surface area contributed by atoms with Gasteiger partial charge in [0, 0.05) is 0 Å². The lowest BCUT2D eigenvalue weighted by atomic mass is 10.3. The first-order valence-electron chi connectivity index (χ1n) is 3.18. The van der Waals surface area contributed by atoms with Crippen molar-refractivity contribution in [1.82, 2.24) is 0 Å². The van der Waals surface area contributed by atoms with Gasteiger partial charge >= 0.3 is 5.97 Å². The van der Waals surface area contributed by atoms with Gasteiger partial charge in [0.2, 0.25) is 0 Å². The van der Waals surface area contributed by atoms with Gasteiger partial charge in [-0.2, -0.15) is 0 Å². The third kappa shape index (κ3) is 3.98. The van der Waals surface area contributed by atoms with E-state index in [2.05, 4.69) is 0 Å². The van der Waals surface area contributed by atoms with Crippen molar-refractivity contribution in [2.24, 2.45) is 0 Å². The largest absolute Gasteiger partial charge is 0.482 e. The fourth-order valence-electron chi connectivity index (χ4n) is 0.662. The minimum absolute atomic E-state index is 0. The van der Waals surface area contributed by atoms with Crippen molar-refractivity contribution in [3.8, 4) is 5.75 Å². The van der Waals surface area contributed by atoms with Gasteiger partial charge in [-0.25, -0.2) is 4.79 Å². The molecule has 0 aliphatic heterocycles. The highest BCUT2D eigenvalue weighted by Gasteiger charge is 1.96. The van der Waals surface area contributed by atoms with Crippen molar-refractivity contribution < 1.29 is 14.6 Å². The summed E-state index contributed by atoms with van der Waals surface area (Å²) < 4.78 is 4.87. The van der Waals surface area contributed by atoms with E-state index in [0.29, 0.717) is 5.75 Å². The topological polar surface area (TPSA) is 46.5 Å². The summed E-state index contributed by atoms with van der Waals surface area (Å²) >= 11 is 0. The lowest BCUT2D eigenvalue weighted by molar-refractivity contribution is -0.139. The molecule has 1 aromatic carbocycles. The number of hydrogen-bond donors (Lipinski definition) is 1. The van der Waals surface area contributed by atoms with Crippen LogP contribution in [-0.4, -0.2) is 17.7 Å². The molecule has 0 aromatic heterocycles. The molecule has 0 fully saturated rings. The van der Waals surface area contributed by atoms with Crippen LogP contribution < -0.4 is 4.74 Å². The first kappa shape index (κ1) is 11.0. The number of halogens is 1. The maximum absolute atomic E-state index is 10.0. The van der Waals surface area contributed by atoms with E-state index in [4.69, 9.17) is 9.84 Å². The molecule has 0 atom stereocenters. The van der Waals surface area contributed by atoms with Gasteiger partial charge in [0.15, 0.2) is 6.61 Å². The molecule has 66 valence electrons. The van der Waals surface area contributed by atoms with Gasteiger partial charge in [-0.3, -0.25) is 0 Å². The van der Waals surface area contributed by atoms with Crippen LogP contribution in [0, 0.1) is 0 Å². The molecule has 0 aliphatic rings. The summed E-state index contributed by atoms with van der Waals surface area (Å²) in [6.07, 6.45) is 0. The molecule has 0 heterocycles. The SMILES string of the molecule is Br.O=C(O)COc1ccccc1. The van der Waals surface area contributed by atoms with E-state index in [0.717, 1.165) is 0 Å². The van der Waals surface area contributed by atoms with Crippen LogP contribution in [0.3, 0.4) is 0 Å². The highest BCUT2D eigenvalue weighted by molar-refractivity contribution is 8.93. The molecule has 1 N–H and O–H groups in total. The second-order valence-corrected chi connectivity index (χ2v) is 2.00. The van der Waals surface area contributed by atoms with E-state index < -0.39 is 5.97 Å². The summed E-state index contributed by atoms with van der Waals surface area (Å²) in [7, 11) is 0. The maximum atomic E-state index is 10.0. The Morgan fingerprint density at radius 2 is 1.92 bits per heavy atom. The quantitative estimate of drug-likeness (QED) is 0.864. The molecule has 1 aromatic rings. The second-order valence-electron chi connectivity index (χ2n) is 2.00. The summed E-state index contributed by atoms with van der Waals surface area (Å²) in [4.78, 5) is 10.0. The summed E-state index contributed by atoms with van der Waals surface area (Å²) in [5, 5.41) is 8.25. The van der Waals surface area contributed by atoms with Gasteiger partial charge in [0.05, 0.1) is 0 Å². The van der Waals surface area contributed by atoms with Crippen LogP contribution in [0.2, 0.25) is 0 Å². The zero-order chi connectivity index (χ0) is 8.10. The Labute approximate surface area is 80.7 Å². The average Bonchev–Trinajstić information content (AvgIpc) is 2.03. The monoisotopic (exact) mass is 232 g/mol. The lowest BCUT2D eigenvalue weighted by Crippen LogP contribution is -2.09. The van der Waals surface area contributed by atoms with E-state index in [1.165, 1.54) is 0 Å². The summed E-state index contributed by atoms with van der Waals surface area (Å²) in [5.74, 6) is -0.385. The smallest absolute Gasteiger partial charge is 0.341 e. The summed E-state index contributed by atoms with van der Waals surface area (Å²) in [5.41, 5.74) is 0. The minimum Gasteiger partial charge on any atom is -0.482 e. The number of carboxylic acid groups (broad SMARTS) is 1. The Balaban J connectivity index is 0.00000121. The number of carbonyl (C=O) groups is 1. The maximum Gasteiger partial charge on any atom is 0.341 e. The van der Waals surface area contributed by atoms with Crippen molar-refractivity contribution in [3.63, 3.8) is 0 Å². The first-order chi connectivity index (χ1) is 5.29. The molecule has 0 bridgehead atoms. The number of para-hydroxylation sites is 1. The van der Waals surface area contributed by atoms with E-state index in [1.54, 1.807) is 24.3 Å². The minimum atomic E-state index is -0.964. The van der Waals surface area contributed by atoms with Crippen LogP contribution in [0.5, 0.6) is 5.75 Å². The molecule has 1 rings (SSSR count). The van der Waals surface area contributed by atoms with Gasteiger partial charge in [0.1, 0.15) is 5.75 Å². The van der Waals surface area contributed by atoms with Crippen LogP contribution >= 0.6 is 17.0 Å². The Bertz CT molecular complexity index is 235. The van der Waals surface area contributed by atoms with Gasteiger partial charge < -0.3 is 9.84 Å². The van der Waals surface area contributed by atoms with E-state index in [1.807, 2.05) is 6.07 Å². The Hall–Kier alpha value is -1.03. The molecular weight excluding hydrogens is 224 g/mol. The predicted molar refractivity (Wildman–Crippen MR) is 49.9 cm³/mol. The van der Waals surface area contributed by atoms with E-state index >= 15 is 0 Å². The van der Waals surface area contributed by atoms with Crippen molar-refractivity contribution in [3.05, 3.63) is 30.3 Å². The molecule has 0 unspecified atom stereocenters. The van der Waals surface area contributed by atoms with Gasteiger partial charge in [-0.1, -0.05) is 18.2 Å². The molecule has 12 heavy (non-hydrogen) atoms. The third-order valence-corrected chi connectivity index (χ3v) is 1.11. The van der Waals surface area contributed by atoms with E-state index in [9.17, 15) is 4.79 Å². The Morgan fingerprint density at radius 3 is 2.42 bits per heavy atom. The number of carboxylic acids is 1. The van der Waals surface area contributed by atoms with Gasteiger partial charge in [-0.15, -0.1) is 17.0 Å². The van der Waals surface area contributed by atoms with Crippen LogP contribution in [0.4, 0.5) is 0 Å². The van der Waals surface area contributed by atoms with Crippen molar-refractivity contribution in [2.75, 3.05) is 6.61 Å². The molecule has 0 radical (unpaired) electrons. The van der Waals surface area contributed by atoms with Crippen molar-refractivity contribution >= 4 is 23.0 Å². The number of aliphatic carboxylic acids is 1. The molecule has 0 spiro atoms.